The average molecular weight is 387 g/mol. The van der Waals surface area contributed by atoms with Crippen LogP contribution in [0.1, 0.15) is 23.0 Å². The number of fused-ring (bicyclic) bond motifs is 3. The summed E-state index contributed by atoms with van der Waals surface area (Å²) in [5.41, 5.74) is 0.817. The van der Waals surface area contributed by atoms with Gasteiger partial charge in [0, 0.05) is 5.69 Å². The fourth-order valence-corrected chi connectivity index (χ4v) is 3.73. The molecule has 1 aliphatic heterocycles. The van der Waals surface area contributed by atoms with Crippen molar-refractivity contribution in [1.29, 1.82) is 0 Å². The third-order valence-electron chi connectivity index (χ3n) is 5.02. The van der Waals surface area contributed by atoms with Crippen LogP contribution in [0, 0.1) is 6.92 Å². The lowest BCUT2D eigenvalue weighted by atomic mass is 9.93. The van der Waals surface area contributed by atoms with Crippen LogP contribution in [0.3, 0.4) is 0 Å². The molecule has 0 fully saturated rings. The molecule has 6 heteroatoms. The number of nitrogens with one attached hydrogen (secondary N) is 1. The highest BCUT2D eigenvalue weighted by Crippen LogP contribution is 2.44. The van der Waals surface area contributed by atoms with Gasteiger partial charge in [-0.25, -0.2) is 4.79 Å². The van der Waals surface area contributed by atoms with Crippen LogP contribution in [0.2, 0.25) is 0 Å². The molecule has 0 unspecified atom stereocenters. The summed E-state index contributed by atoms with van der Waals surface area (Å²) in [4.78, 5) is 25.9. The van der Waals surface area contributed by atoms with Crippen molar-refractivity contribution in [2.24, 2.45) is 0 Å². The second-order valence-electron chi connectivity index (χ2n) is 6.95. The summed E-state index contributed by atoms with van der Waals surface area (Å²) in [6.45, 7) is 1.81. The first-order valence-corrected chi connectivity index (χ1v) is 9.26. The zero-order valence-electron chi connectivity index (χ0n) is 15.5. The molecule has 4 aromatic rings. The van der Waals surface area contributed by atoms with Crippen LogP contribution < -0.4 is 15.7 Å². The molecule has 1 N–H and O–H groups in total. The number of carbonyl (C=O) groups is 1. The predicted octanol–water partition coefficient (Wildman–Crippen LogP) is 4.23. The standard InChI is InChI=1S/C23H17NO5/c1-13-11-12-17(27-13)18-19-20(15-9-5-6-10-16(15)28-23(19)26)29-21(18)22(25)24-14-7-3-2-4-8-14/h2-12,18,21H,1H3,(H,24,25)/t18-,21+/m0/s1. The molecule has 5 rings (SSSR count). The number of rotatable bonds is 3. The Kier molecular flexibility index (Phi) is 3.98. The number of hydrogen-bond donors (Lipinski definition) is 1. The van der Waals surface area contributed by atoms with Crippen molar-refractivity contribution in [2.75, 3.05) is 5.32 Å². The Morgan fingerprint density at radius 2 is 1.69 bits per heavy atom. The molecule has 6 nitrogen and oxygen atoms in total. The van der Waals surface area contributed by atoms with Crippen LogP contribution in [0.5, 0.6) is 5.75 Å². The van der Waals surface area contributed by atoms with Gasteiger partial charge >= 0.3 is 5.63 Å². The Bertz CT molecular complexity index is 1270. The normalized spacial score (nSPS) is 17.7. The third-order valence-corrected chi connectivity index (χ3v) is 5.02. The van der Waals surface area contributed by atoms with Crippen molar-refractivity contribution in [2.45, 2.75) is 18.9 Å². The maximum absolute atomic E-state index is 13.1. The SMILES string of the molecule is Cc1ccc([C@H]2c3c(c4ccccc4oc3=O)O[C@H]2C(=O)Nc2ccccc2)o1. The van der Waals surface area contributed by atoms with Crippen molar-refractivity contribution >= 4 is 22.6 Å². The molecule has 1 aliphatic rings. The summed E-state index contributed by atoms with van der Waals surface area (Å²) in [6, 6.07) is 19.8. The van der Waals surface area contributed by atoms with Crippen molar-refractivity contribution in [3.63, 3.8) is 0 Å². The van der Waals surface area contributed by atoms with Gasteiger partial charge < -0.3 is 18.9 Å². The van der Waals surface area contributed by atoms with E-state index < -0.39 is 17.6 Å². The smallest absolute Gasteiger partial charge is 0.344 e. The Morgan fingerprint density at radius 1 is 0.931 bits per heavy atom. The number of benzene rings is 2. The van der Waals surface area contributed by atoms with Gasteiger partial charge in [-0.3, -0.25) is 4.79 Å². The molecular weight excluding hydrogens is 370 g/mol. The molecule has 0 bridgehead atoms. The first kappa shape index (κ1) is 17.3. The Labute approximate surface area is 165 Å². The van der Waals surface area contributed by atoms with E-state index >= 15 is 0 Å². The van der Waals surface area contributed by atoms with Gasteiger partial charge in [0.25, 0.3) is 5.91 Å². The average Bonchev–Trinajstić information content (AvgIpc) is 3.33. The van der Waals surface area contributed by atoms with Crippen LogP contribution in [-0.4, -0.2) is 12.0 Å². The minimum absolute atomic E-state index is 0.297. The lowest BCUT2D eigenvalue weighted by Crippen LogP contribution is -2.35. The summed E-state index contributed by atoms with van der Waals surface area (Å²) in [6.07, 6.45) is -0.968. The second kappa shape index (κ2) is 6.67. The lowest BCUT2D eigenvalue weighted by Gasteiger charge is -2.16. The van der Waals surface area contributed by atoms with Crippen molar-refractivity contribution in [3.05, 3.63) is 94.2 Å². The topological polar surface area (TPSA) is 81.7 Å². The largest absolute Gasteiger partial charge is 0.478 e. The highest BCUT2D eigenvalue weighted by atomic mass is 16.5. The first-order valence-electron chi connectivity index (χ1n) is 9.26. The predicted molar refractivity (Wildman–Crippen MR) is 107 cm³/mol. The molecule has 0 spiro atoms. The fourth-order valence-electron chi connectivity index (χ4n) is 3.73. The summed E-state index contributed by atoms with van der Waals surface area (Å²) in [7, 11) is 0. The van der Waals surface area contributed by atoms with E-state index in [1.807, 2.05) is 31.2 Å². The highest BCUT2D eigenvalue weighted by molar-refractivity contribution is 5.97. The maximum Gasteiger partial charge on any atom is 0.344 e. The van der Waals surface area contributed by atoms with E-state index in [1.165, 1.54) is 0 Å². The lowest BCUT2D eigenvalue weighted by molar-refractivity contribution is -0.122. The van der Waals surface area contributed by atoms with Gasteiger partial charge in [0.05, 0.1) is 16.9 Å². The van der Waals surface area contributed by atoms with Crippen LogP contribution in [-0.2, 0) is 4.79 Å². The molecule has 0 saturated heterocycles. The molecule has 0 saturated carbocycles. The molecule has 0 radical (unpaired) electrons. The summed E-state index contributed by atoms with van der Waals surface area (Å²) in [5, 5.41) is 3.50. The van der Waals surface area contributed by atoms with E-state index in [2.05, 4.69) is 5.32 Å². The Morgan fingerprint density at radius 3 is 2.45 bits per heavy atom. The number of hydrogen-bond acceptors (Lipinski definition) is 5. The van der Waals surface area contributed by atoms with Crippen LogP contribution >= 0.6 is 0 Å². The minimum atomic E-state index is -0.968. The minimum Gasteiger partial charge on any atom is -0.478 e. The Balaban J connectivity index is 1.64. The van der Waals surface area contributed by atoms with Gasteiger partial charge in [-0.05, 0) is 43.3 Å². The van der Waals surface area contributed by atoms with Crippen molar-refractivity contribution < 1.29 is 18.4 Å². The van der Waals surface area contributed by atoms with E-state index in [0.29, 0.717) is 39.5 Å². The number of anilines is 1. The maximum atomic E-state index is 13.1. The number of carbonyl (C=O) groups excluding carboxylic acids is 1. The second-order valence-corrected chi connectivity index (χ2v) is 6.95. The fraction of sp³-hybridized carbons (Fsp3) is 0.130. The van der Waals surface area contributed by atoms with Crippen molar-refractivity contribution in [3.8, 4) is 5.75 Å². The van der Waals surface area contributed by atoms with E-state index in [9.17, 15) is 9.59 Å². The highest BCUT2D eigenvalue weighted by Gasteiger charge is 2.45. The zero-order valence-corrected chi connectivity index (χ0v) is 15.5. The van der Waals surface area contributed by atoms with Gasteiger partial charge in [-0.15, -0.1) is 0 Å². The summed E-state index contributed by atoms with van der Waals surface area (Å²) >= 11 is 0. The van der Waals surface area contributed by atoms with E-state index in [1.54, 1.807) is 42.5 Å². The van der Waals surface area contributed by atoms with Gasteiger partial charge in [0.1, 0.15) is 22.9 Å². The van der Waals surface area contributed by atoms with Crippen LogP contribution in [0.4, 0.5) is 5.69 Å². The number of aryl methyl sites for hydroxylation is 1. The molecular formula is C23H17NO5. The molecule has 1 amide bonds. The third kappa shape index (κ3) is 2.89. The molecule has 144 valence electrons. The molecule has 2 atom stereocenters. The summed E-state index contributed by atoms with van der Waals surface area (Å²) < 4.78 is 17.4. The quantitative estimate of drug-likeness (QED) is 0.532. The Hall–Kier alpha value is -3.80. The number of furan rings is 1. The van der Waals surface area contributed by atoms with Crippen molar-refractivity contribution in [1.82, 2.24) is 0 Å². The number of amides is 1. The first-order chi connectivity index (χ1) is 14.1. The number of ether oxygens (including phenoxy) is 1. The van der Waals surface area contributed by atoms with Gasteiger partial charge in [0.15, 0.2) is 6.10 Å². The van der Waals surface area contributed by atoms with Gasteiger partial charge in [-0.2, -0.15) is 0 Å². The van der Waals surface area contributed by atoms with Crippen LogP contribution in [0.25, 0.3) is 11.0 Å². The molecule has 29 heavy (non-hydrogen) atoms. The molecule has 3 heterocycles. The zero-order chi connectivity index (χ0) is 20.0. The molecule has 0 aliphatic carbocycles. The number of para-hydroxylation sites is 2. The molecule has 2 aromatic heterocycles. The van der Waals surface area contributed by atoms with Crippen LogP contribution in [0.15, 0.2) is 80.4 Å². The summed E-state index contributed by atoms with van der Waals surface area (Å²) in [5.74, 6) is 0.459. The molecule has 2 aromatic carbocycles. The van der Waals surface area contributed by atoms with E-state index in [4.69, 9.17) is 13.6 Å². The monoisotopic (exact) mass is 387 g/mol. The van der Waals surface area contributed by atoms with E-state index in [-0.39, 0.29) is 5.91 Å². The van der Waals surface area contributed by atoms with E-state index in [0.717, 1.165) is 0 Å². The van der Waals surface area contributed by atoms with Gasteiger partial charge in [0.2, 0.25) is 0 Å². The van der Waals surface area contributed by atoms with Gasteiger partial charge in [-0.1, -0.05) is 30.3 Å².